The number of hydrogen-bond donors (Lipinski definition) is 7. The Morgan fingerprint density at radius 1 is 0.681 bits per heavy atom. The van der Waals surface area contributed by atoms with E-state index in [9.17, 15) is 45.3 Å². The van der Waals surface area contributed by atoms with Crippen molar-refractivity contribution in [1.29, 1.82) is 0 Å². The van der Waals surface area contributed by atoms with E-state index >= 15 is 0 Å². The molecule has 47 heavy (non-hydrogen) atoms. The Hall–Kier alpha value is -3.50. The summed E-state index contributed by atoms with van der Waals surface area (Å²) in [6.07, 6.45) is -5.80. The minimum absolute atomic E-state index is 0.317. The van der Waals surface area contributed by atoms with E-state index in [-0.39, 0.29) is 6.42 Å². The first-order valence-corrected chi connectivity index (χ1v) is 15.2. The lowest BCUT2D eigenvalue weighted by atomic mass is 9.91. The summed E-state index contributed by atoms with van der Waals surface area (Å²) in [6.45, 7) is 4.13. The molecule has 2 heterocycles. The third kappa shape index (κ3) is 8.90. The number of carbonyl (C=O) groups excluding carboxylic acids is 2. The lowest BCUT2D eigenvalue weighted by Crippen LogP contribution is -2.60. The van der Waals surface area contributed by atoms with Crippen LogP contribution in [0.1, 0.15) is 35.6 Å². The van der Waals surface area contributed by atoms with Crippen molar-refractivity contribution in [2.45, 2.75) is 82.5 Å². The van der Waals surface area contributed by atoms with Crippen LogP contribution in [0.3, 0.4) is 0 Å². The third-order valence-corrected chi connectivity index (χ3v) is 8.23. The molecule has 0 amide bonds. The van der Waals surface area contributed by atoms with Crippen LogP contribution in [0.2, 0.25) is 0 Å². The highest BCUT2D eigenvalue weighted by Crippen LogP contribution is 2.30. The van der Waals surface area contributed by atoms with Gasteiger partial charge in [-0.25, -0.2) is 0 Å². The number of aryl methyl sites for hydroxylation is 2. The topological polar surface area (TPSA) is 213 Å². The number of aliphatic hydroxyl groups excluding tert-OH is 7. The van der Waals surface area contributed by atoms with Crippen molar-refractivity contribution < 1.29 is 64.3 Å². The smallest absolute Gasteiger partial charge is 0.229 e. The van der Waals surface area contributed by atoms with Gasteiger partial charge < -0.3 is 54.7 Å². The fourth-order valence-corrected chi connectivity index (χ4v) is 5.27. The molecule has 0 saturated carbocycles. The number of ketones is 2. The molecule has 2 fully saturated rings. The zero-order chi connectivity index (χ0) is 34.4. The van der Waals surface area contributed by atoms with E-state index in [0.717, 1.165) is 0 Å². The molecule has 0 aliphatic carbocycles. The second kappa shape index (κ2) is 16.1. The molecule has 2 aliphatic rings. The van der Waals surface area contributed by atoms with Crippen LogP contribution in [-0.2, 0) is 19.1 Å². The van der Waals surface area contributed by atoms with Crippen molar-refractivity contribution in [3.63, 3.8) is 0 Å². The van der Waals surface area contributed by atoms with Crippen LogP contribution in [0, 0.1) is 19.8 Å². The average Bonchev–Trinajstić information content (AvgIpc) is 3.05. The minimum atomic E-state index is -1.57. The maximum Gasteiger partial charge on any atom is 0.229 e. The molecule has 4 rings (SSSR count). The van der Waals surface area contributed by atoms with Gasteiger partial charge in [0.25, 0.3) is 0 Å². The Morgan fingerprint density at radius 3 is 1.57 bits per heavy atom. The van der Waals surface area contributed by atoms with E-state index in [1.807, 2.05) is 0 Å². The molecule has 2 saturated heterocycles. The van der Waals surface area contributed by atoms with Crippen molar-refractivity contribution in [2.24, 2.45) is 5.92 Å². The lowest BCUT2D eigenvalue weighted by Gasteiger charge is -2.40. The van der Waals surface area contributed by atoms with Crippen molar-refractivity contribution in [3.05, 3.63) is 70.8 Å². The third-order valence-electron chi connectivity index (χ3n) is 8.23. The van der Waals surface area contributed by atoms with Crippen molar-refractivity contribution in [1.82, 2.24) is 0 Å². The molecule has 13 nitrogen and oxygen atoms in total. The Bertz CT molecular complexity index is 1340. The highest BCUT2D eigenvalue weighted by atomic mass is 16.7. The summed E-state index contributed by atoms with van der Waals surface area (Å²) >= 11 is 0. The monoisotopic (exact) mass is 658 g/mol. The summed E-state index contributed by atoms with van der Waals surface area (Å²) in [5.41, 5.74) is 2.62. The number of carbonyl (C=O) groups is 2. The molecule has 0 spiro atoms. The molecule has 2 aliphatic heterocycles. The quantitative estimate of drug-likeness (QED) is 0.120. The summed E-state index contributed by atoms with van der Waals surface area (Å²) in [5.74, 6) is -0.655. The molecule has 256 valence electrons. The van der Waals surface area contributed by atoms with Gasteiger partial charge in [0.1, 0.15) is 48.1 Å². The minimum Gasteiger partial charge on any atom is -0.462 e. The van der Waals surface area contributed by atoms with Gasteiger partial charge in [-0.05, 0) is 72.5 Å². The fraction of sp³-hybridized carbons (Fsp3) is 0.471. The number of hydrogen-bond acceptors (Lipinski definition) is 13. The molecule has 7 N–H and O–H groups in total. The van der Waals surface area contributed by atoms with Crippen LogP contribution >= 0.6 is 0 Å². The van der Waals surface area contributed by atoms with Gasteiger partial charge in [-0.2, -0.15) is 0 Å². The van der Waals surface area contributed by atoms with Crippen LogP contribution in [0.5, 0.6) is 11.5 Å². The number of allylic oxidation sites excluding steroid dienone is 2. The van der Waals surface area contributed by atoms with Gasteiger partial charge in [0.2, 0.25) is 12.6 Å². The first-order valence-electron chi connectivity index (χ1n) is 15.2. The largest absolute Gasteiger partial charge is 0.462 e. The van der Waals surface area contributed by atoms with Crippen LogP contribution in [0.25, 0.3) is 12.2 Å². The predicted octanol–water partition coefficient (Wildman–Crippen LogP) is 0.191. The Morgan fingerprint density at radius 2 is 1.13 bits per heavy atom. The van der Waals surface area contributed by atoms with Gasteiger partial charge >= 0.3 is 0 Å². The highest BCUT2D eigenvalue weighted by Gasteiger charge is 2.45. The number of ether oxygens (including phenoxy) is 4. The van der Waals surface area contributed by atoms with E-state index in [4.69, 9.17) is 18.9 Å². The van der Waals surface area contributed by atoms with Gasteiger partial charge in [-0.3, -0.25) is 9.59 Å². The van der Waals surface area contributed by atoms with Gasteiger partial charge in [0.05, 0.1) is 25.7 Å². The first kappa shape index (κ1) is 36.3. The average molecular weight is 659 g/mol. The molecule has 2 aromatic rings. The molecule has 0 unspecified atom stereocenters. The standard InChI is InChI=1S/C34H42O13/c1-17-12-20(6-10-24(17)44-33-29(40)19(3)28(39)26(15-35)46-33)4-8-22(37)14-23(38)9-5-21-7-11-25(18(2)13-21)45-34-32(43)31(42)30(41)27(16-36)47-34/h4-13,19,26-36,39-43H,14-16H2,1-3H3/b8-4+,9-5+/t19-,26+,27+,28-,29+,30+,31-,32+,33+,34+/m0/s1. The molecule has 0 aromatic heterocycles. The molecular weight excluding hydrogens is 616 g/mol. The lowest BCUT2D eigenvalue weighted by molar-refractivity contribution is -0.277. The predicted molar refractivity (Wildman–Crippen MR) is 167 cm³/mol. The van der Waals surface area contributed by atoms with Crippen LogP contribution < -0.4 is 9.47 Å². The number of benzene rings is 2. The first-order chi connectivity index (χ1) is 22.3. The van der Waals surface area contributed by atoms with E-state index in [0.29, 0.717) is 33.8 Å². The number of aliphatic hydroxyl groups is 7. The molecule has 2 aromatic carbocycles. The summed E-state index contributed by atoms with van der Waals surface area (Å²) < 4.78 is 22.4. The van der Waals surface area contributed by atoms with Gasteiger partial charge in [-0.15, -0.1) is 0 Å². The Labute approximate surface area is 271 Å². The van der Waals surface area contributed by atoms with Crippen molar-refractivity contribution in [3.8, 4) is 11.5 Å². The molecule has 13 heteroatoms. The van der Waals surface area contributed by atoms with Crippen LogP contribution in [0.15, 0.2) is 48.6 Å². The maximum atomic E-state index is 12.5. The van der Waals surface area contributed by atoms with Gasteiger partial charge in [0, 0.05) is 5.92 Å². The second-order valence-electron chi connectivity index (χ2n) is 11.8. The van der Waals surface area contributed by atoms with Crippen molar-refractivity contribution >= 4 is 23.7 Å². The van der Waals surface area contributed by atoms with Crippen molar-refractivity contribution in [2.75, 3.05) is 13.2 Å². The molecular formula is C34H42O13. The maximum absolute atomic E-state index is 12.5. The highest BCUT2D eigenvalue weighted by molar-refractivity contribution is 6.10. The zero-order valence-corrected chi connectivity index (χ0v) is 26.2. The molecule has 0 radical (unpaired) electrons. The second-order valence-corrected chi connectivity index (χ2v) is 11.8. The molecule has 0 bridgehead atoms. The molecule has 10 atom stereocenters. The zero-order valence-electron chi connectivity index (χ0n) is 26.2. The van der Waals surface area contributed by atoms with E-state index < -0.39 is 86.0 Å². The fourth-order valence-electron chi connectivity index (χ4n) is 5.27. The van der Waals surface area contributed by atoms with Crippen LogP contribution in [-0.4, -0.2) is 116 Å². The van der Waals surface area contributed by atoms with E-state index in [1.165, 1.54) is 12.2 Å². The van der Waals surface area contributed by atoms with Gasteiger partial charge in [0.15, 0.2) is 11.6 Å². The summed E-state index contributed by atoms with van der Waals surface area (Å²) in [4.78, 5) is 24.9. The summed E-state index contributed by atoms with van der Waals surface area (Å²) in [7, 11) is 0. The number of rotatable bonds is 12. The normalized spacial score (nSPS) is 31.3. The summed E-state index contributed by atoms with van der Waals surface area (Å²) in [5, 5.41) is 69.5. The SMILES string of the molecule is Cc1cc(/C=C/C(=O)CC(=O)/C=C/c2ccc(O[C@@H]3O[C@H](CO)[C@@H](O)[C@H](O)[C@H]3O)c(C)c2)ccc1O[C@@H]1O[C@H](CO)[C@@H](O)[C@H](C)[C@H]1O. The van der Waals surface area contributed by atoms with E-state index in [2.05, 4.69) is 0 Å². The van der Waals surface area contributed by atoms with E-state index in [1.54, 1.807) is 69.3 Å². The van der Waals surface area contributed by atoms with Gasteiger partial charge in [-0.1, -0.05) is 31.2 Å². The Balaban J connectivity index is 1.29. The Kier molecular flexibility index (Phi) is 12.4. The summed E-state index contributed by atoms with van der Waals surface area (Å²) in [6, 6.07) is 10.0. The van der Waals surface area contributed by atoms with Crippen LogP contribution in [0.4, 0.5) is 0 Å².